The van der Waals surface area contributed by atoms with Gasteiger partial charge in [0, 0.05) is 17.9 Å². The SMILES string of the molecule is CC[C@@](C)(C(=O)NC1CCCCC1)N(C(=O)c1ccccn1)c1ccc(C)cc1. The predicted octanol–water partition coefficient (Wildman–Crippen LogP) is 4.65. The van der Waals surface area contributed by atoms with Crippen LogP contribution in [0.25, 0.3) is 0 Å². The van der Waals surface area contributed by atoms with E-state index in [4.69, 9.17) is 0 Å². The van der Waals surface area contributed by atoms with Crippen molar-refractivity contribution in [2.75, 3.05) is 4.90 Å². The molecule has 1 aromatic carbocycles. The van der Waals surface area contributed by atoms with Crippen molar-refractivity contribution in [2.24, 2.45) is 0 Å². The molecular formula is C24H31N3O2. The van der Waals surface area contributed by atoms with E-state index >= 15 is 0 Å². The Morgan fingerprint density at radius 2 is 1.79 bits per heavy atom. The fourth-order valence-electron chi connectivity index (χ4n) is 3.93. The number of benzene rings is 1. The number of pyridine rings is 1. The van der Waals surface area contributed by atoms with Gasteiger partial charge >= 0.3 is 0 Å². The molecule has 1 fully saturated rings. The van der Waals surface area contributed by atoms with Crippen LogP contribution < -0.4 is 10.2 Å². The molecule has 1 heterocycles. The summed E-state index contributed by atoms with van der Waals surface area (Å²) >= 11 is 0. The molecule has 29 heavy (non-hydrogen) atoms. The zero-order valence-corrected chi connectivity index (χ0v) is 17.6. The van der Waals surface area contributed by atoms with E-state index in [1.165, 1.54) is 6.42 Å². The Kier molecular flexibility index (Phi) is 6.68. The van der Waals surface area contributed by atoms with Crippen molar-refractivity contribution in [1.82, 2.24) is 10.3 Å². The van der Waals surface area contributed by atoms with Crippen molar-refractivity contribution in [2.45, 2.75) is 70.9 Å². The Bertz CT molecular complexity index is 829. The molecule has 0 aliphatic heterocycles. The molecule has 0 spiro atoms. The molecule has 1 atom stereocenters. The number of aromatic nitrogens is 1. The molecule has 2 amide bonds. The number of hydrogen-bond acceptors (Lipinski definition) is 3. The summed E-state index contributed by atoms with van der Waals surface area (Å²) in [5.41, 5.74) is 1.12. The third kappa shape index (κ3) is 4.66. The van der Waals surface area contributed by atoms with Crippen molar-refractivity contribution in [3.63, 3.8) is 0 Å². The Balaban J connectivity index is 1.98. The Hall–Kier alpha value is -2.69. The summed E-state index contributed by atoms with van der Waals surface area (Å²) in [6, 6.07) is 13.2. The molecule has 1 N–H and O–H groups in total. The van der Waals surface area contributed by atoms with Crippen molar-refractivity contribution >= 4 is 17.5 Å². The van der Waals surface area contributed by atoms with Crippen LogP contribution in [-0.2, 0) is 4.79 Å². The highest BCUT2D eigenvalue weighted by molar-refractivity contribution is 6.10. The van der Waals surface area contributed by atoms with Crippen molar-refractivity contribution in [3.8, 4) is 0 Å². The van der Waals surface area contributed by atoms with Crippen LogP contribution in [0.5, 0.6) is 0 Å². The fraction of sp³-hybridized carbons (Fsp3) is 0.458. The van der Waals surface area contributed by atoms with Gasteiger partial charge in [-0.05, 0) is 57.4 Å². The van der Waals surface area contributed by atoms with Gasteiger partial charge in [-0.3, -0.25) is 19.5 Å². The van der Waals surface area contributed by atoms with Crippen molar-refractivity contribution in [1.29, 1.82) is 0 Å². The van der Waals surface area contributed by atoms with E-state index in [9.17, 15) is 9.59 Å². The summed E-state index contributed by atoms with van der Waals surface area (Å²) in [5.74, 6) is -0.366. The highest BCUT2D eigenvalue weighted by Crippen LogP contribution is 2.30. The molecule has 3 rings (SSSR count). The lowest BCUT2D eigenvalue weighted by atomic mass is 9.90. The maximum Gasteiger partial charge on any atom is 0.277 e. The highest BCUT2D eigenvalue weighted by atomic mass is 16.2. The van der Waals surface area contributed by atoms with Crippen LogP contribution >= 0.6 is 0 Å². The molecule has 0 radical (unpaired) electrons. The van der Waals surface area contributed by atoms with Gasteiger partial charge in [0.2, 0.25) is 5.91 Å². The van der Waals surface area contributed by atoms with E-state index < -0.39 is 5.54 Å². The van der Waals surface area contributed by atoms with Crippen LogP contribution in [0.4, 0.5) is 5.69 Å². The van der Waals surface area contributed by atoms with Gasteiger partial charge in [-0.1, -0.05) is 49.9 Å². The third-order valence-electron chi connectivity index (χ3n) is 5.99. The van der Waals surface area contributed by atoms with E-state index in [0.29, 0.717) is 17.8 Å². The van der Waals surface area contributed by atoms with Gasteiger partial charge in [0.05, 0.1) is 0 Å². The lowest BCUT2D eigenvalue weighted by Gasteiger charge is -2.40. The van der Waals surface area contributed by atoms with Crippen molar-refractivity contribution in [3.05, 3.63) is 59.9 Å². The maximum atomic E-state index is 13.5. The molecule has 0 saturated heterocycles. The van der Waals surface area contributed by atoms with Crippen molar-refractivity contribution < 1.29 is 9.59 Å². The van der Waals surface area contributed by atoms with Gasteiger partial charge in [-0.25, -0.2) is 0 Å². The number of anilines is 1. The largest absolute Gasteiger partial charge is 0.351 e. The van der Waals surface area contributed by atoms with Gasteiger partial charge in [-0.15, -0.1) is 0 Å². The highest BCUT2D eigenvalue weighted by Gasteiger charge is 2.43. The van der Waals surface area contributed by atoms with Crippen LogP contribution in [0.15, 0.2) is 48.7 Å². The van der Waals surface area contributed by atoms with Gasteiger partial charge in [0.1, 0.15) is 11.2 Å². The second-order valence-electron chi connectivity index (χ2n) is 8.13. The third-order valence-corrected chi connectivity index (χ3v) is 5.99. The molecule has 1 saturated carbocycles. The minimum atomic E-state index is -1.01. The normalized spacial score (nSPS) is 16.7. The standard InChI is InChI=1S/C24H31N3O2/c1-4-24(3,23(29)26-19-10-6-5-7-11-19)27(20-15-13-18(2)14-16-20)22(28)21-12-8-9-17-25-21/h8-9,12-17,19H,4-7,10-11H2,1-3H3,(H,26,29)/t24-/m0/s1. The number of aryl methyl sites for hydroxylation is 1. The van der Waals surface area contributed by atoms with Gasteiger partial charge < -0.3 is 5.32 Å². The predicted molar refractivity (Wildman–Crippen MR) is 116 cm³/mol. The number of nitrogens with zero attached hydrogens (tertiary/aromatic N) is 2. The number of rotatable bonds is 6. The summed E-state index contributed by atoms with van der Waals surface area (Å²) in [7, 11) is 0. The molecule has 1 aliphatic rings. The van der Waals surface area contributed by atoms with Gasteiger partial charge in [0.25, 0.3) is 5.91 Å². The lowest BCUT2D eigenvalue weighted by molar-refractivity contribution is -0.126. The smallest absolute Gasteiger partial charge is 0.277 e. The molecule has 5 heteroatoms. The minimum absolute atomic E-state index is 0.100. The minimum Gasteiger partial charge on any atom is -0.351 e. The van der Waals surface area contributed by atoms with Crippen LogP contribution in [-0.4, -0.2) is 28.4 Å². The number of nitrogens with one attached hydrogen (secondary N) is 1. The molecule has 1 aromatic heterocycles. The van der Waals surface area contributed by atoms with Crippen LogP contribution in [0, 0.1) is 6.92 Å². The Morgan fingerprint density at radius 1 is 1.10 bits per heavy atom. The summed E-state index contributed by atoms with van der Waals surface area (Å²) in [4.78, 5) is 32.8. The quantitative estimate of drug-likeness (QED) is 0.777. The van der Waals surface area contributed by atoms with Gasteiger partial charge in [-0.2, -0.15) is 0 Å². The summed E-state index contributed by atoms with van der Waals surface area (Å²) in [6.07, 6.45) is 7.62. The van der Waals surface area contributed by atoms with E-state index in [1.807, 2.05) is 45.0 Å². The van der Waals surface area contributed by atoms with Crippen LogP contribution in [0.2, 0.25) is 0 Å². The monoisotopic (exact) mass is 393 g/mol. The molecular weight excluding hydrogens is 362 g/mol. The number of amides is 2. The topological polar surface area (TPSA) is 62.3 Å². The second kappa shape index (κ2) is 9.21. The molecule has 0 bridgehead atoms. The summed E-state index contributed by atoms with van der Waals surface area (Å²) in [6.45, 7) is 5.81. The summed E-state index contributed by atoms with van der Waals surface area (Å²) in [5, 5.41) is 3.23. The summed E-state index contributed by atoms with van der Waals surface area (Å²) < 4.78 is 0. The first-order valence-electron chi connectivity index (χ1n) is 10.6. The lowest BCUT2D eigenvalue weighted by Crippen LogP contribution is -2.60. The molecule has 0 unspecified atom stereocenters. The Labute approximate surface area is 173 Å². The average Bonchev–Trinajstić information content (AvgIpc) is 2.76. The zero-order valence-electron chi connectivity index (χ0n) is 17.6. The van der Waals surface area contributed by atoms with Crippen LogP contribution in [0.1, 0.15) is 68.4 Å². The average molecular weight is 394 g/mol. The van der Waals surface area contributed by atoms with E-state index in [2.05, 4.69) is 10.3 Å². The zero-order chi connectivity index (χ0) is 20.9. The number of carbonyl (C=O) groups is 2. The van der Waals surface area contributed by atoms with Gasteiger partial charge in [0.15, 0.2) is 0 Å². The fourth-order valence-corrected chi connectivity index (χ4v) is 3.93. The molecule has 154 valence electrons. The van der Waals surface area contributed by atoms with E-state index in [-0.39, 0.29) is 17.9 Å². The maximum absolute atomic E-state index is 13.5. The first-order chi connectivity index (χ1) is 14.0. The Morgan fingerprint density at radius 3 is 2.38 bits per heavy atom. The number of carbonyl (C=O) groups excluding carboxylic acids is 2. The second-order valence-corrected chi connectivity index (χ2v) is 8.13. The first-order valence-corrected chi connectivity index (χ1v) is 10.6. The van der Waals surface area contributed by atoms with E-state index in [0.717, 1.165) is 31.2 Å². The molecule has 1 aliphatic carbocycles. The first kappa shape index (κ1) is 21.0. The van der Waals surface area contributed by atoms with Crippen LogP contribution in [0.3, 0.4) is 0 Å². The molecule has 2 aromatic rings. The van der Waals surface area contributed by atoms with E-state index in [1.54, 1.807) is 29.3 Å². The number of hydrogen-bond donors (Lipinski definition) is 1. The molecule has 5 nitrogen and oxygen atoms in total.